The van der Waals surface area contributed by atoms with E-state index in [0.29, 0.717) is 43.9 Å². The molecule has 0 aliphatic carbocycles. The quantitative estimate of drug-likeness (QED) is 0.642. The van der Waals surface area contributed by atoms with Crippen molar-refractivity contribution in [2.45, 2.75) is 40.2 Å². The van der Waals surface area contributed by atoms with Gasteiger partial charge in [0.1, 0.15) is 6.04 Å². The lowest BCUT2D eigenvalue weighted by molar-refractivity contribution is -0.137. The number of ketones is 1. The van der Waals surface area contributed by atoms with Crippen LogP contribution >= 0.6 is 0 Å². The number of aryl methyl sites for hydroxylation is 2. The summed E-state index contributed by atoms with van der Waals surface area (Å²) in [6.07, 6.45) is 0.420. The molecule has 0 spiro atoms. The molecule has 8 heteroatoms. The average Bonchev–Trinajstić information content (AvgIpc) is 2.80. The molecule has 0 unspecified atom stereocenters. The molecule has 8 nitrogen and oxygen atoms in total. The fourth-order valence-corrected chi connectivity index (χ4v) is 4.03. The van der Waals surface area contributed by atoms with Gasteiger partial charge in [-0.05, 0) is 56.2 Å². The number of hydrogen-bond acceptors (Lipinski definition) is 4. The minimum atomic E-state index is -0.654. The first kappa shape index (κ1) is 25.0. The molecule has 0 bridgehead atoms. The summed E-state index contributed by atoms with van der Waals surface area (Å²) in [7, 11) is 0. The normalized spacial score (nSPS) is 14.4. The molecule has 0 radical (unpaired) electrons. The summed E-state index contributed by atoms with van der Waals surface area (Å²) in [5.41, 5.74) is 4.39. The van der Waals surface area contributed by atoms with Crippen molar-refractivity contribution in [2.24, 2.45) is 0 Å². The number of rotatable bonds is 6. The first-order valence-corrected chi connectivity index (χ1v) is 11.4. The molecule has 4 amide bonds. The number of anilines is 1. The summed E-state index contributed by atoms with van der Waals surface area (Å²) in [4.78, 5) is 52.4. The van der Waals surface area contributed by atoms with Crippen LogP contribution in [0.25, 0.3) is 0 Å². The van der Waals surface area contributed by atoms with Crippen molar-refractivity contribution in [3.8, 4) is 0 Å². The smallest absolute Gasteiger partial charge is 0.321 e. The minimum absolute atomic E-state index is 0.0335. The Balaban J connectivity index is 1.59. The molecule has 1 heterocycles. The zero-order valence-electron chi connectivity index (χ0n) is 20.2. The molecule has 1 aliphatic heterocycles. The summed E-state index contributed by atoms with van der Waals surface area (Å²) < 4.78 is 0. The summed E-state index contributed by atoms with van der Waals surface area (Å²) in [5.74, 6) is -0.428. The Morgan fingerprint density at radius 2 is 1.50 bits per heavy atom. The van der Waals surface area contributed by atoms with E-state index >= 15 is 0 Å². The van der Waals surface area contributed by atoms with Crippen LogP contribution in [0, 0.1) is 13.8 Å². The Kier molecular flexibility index (Phi) is 8.04. The first-order valence-electron chi connectivity index (χ1n) is 11.4. The van der Waals surface area contributed by atoms with E-state index in [1.54, 1.807) is 34.1 Å². The van der Waals surface area contributed by atoms with Gasteiger partial charge in [-0.3, -0.25) is 14.4 Å². The topological polar surface area (TPSA) is 98.8 Å². The van der Waals surface area contributed by atoms with Crippen molar-refractivity contribution in [3.63, 3.8) is 0 Å². The van der Waals surface area contributed by atoms with Gasteiger partial charge >= 0.3 is 6.03 Å². The number of piperazine rings is 1. The highest BCUT2D eigenvalue weighted by Gasteiger charge is 2.30. The van der Waals surface area contributed by atoms with Gasteiger partial charge in [-0.2, -0.15) is 0 Å². The molecule has 0 aromatic heterocycles. The number of nitrogens with one attached hydrogen (secondary N) is 2. The fraction of sp³-hybridized carbons (Fsp3) is 0.385. The van der Waals surface area contributed by atoms with Gasteiger partial charge in [0, 0.05) is 50.8 Å². The van der Waals surface area contributed by atoms with Crippen LogP contribution in [0.4, 0.5) is 10.5 Å². The number of carbonyl (C=O) groups excluding carboxylic acids is 4. The molecule has 1 aliphatic rings. The summed E-state index contributed by atoms with van der Waals surface area (Å²) in [6, 6.07) is 11.9. The van der Waals surface area contributed by atoms with Crippen molar-refractivity contribution < 1.29 is 19.2 Å². The Hall–Kier alpha value is -3.68. The molecular formula is C26H32N4O4. The second-order valence-corrected chi connectivity index (χ2v) is 8.76. The largest absolute Gasteiger partial charge is 0.344 e. The molecule has 3 rings (SSSR count). The zero-order chi connectivity index (χ0) is 24.8. The third kappa shape index (κ3) is 6.43. The molecule has 1 atom stereocenters. The van der Waals surface area contributed by atoms with Crippen LogP contribution in [0.1, 0.15) is 40.9 Å². The Morgan fingerprint density at radius 1 is 0.882 bits per heavy atom. The molecule has 1 fully saturated rings. The number of hydrogen-bond donors (Lipinski definition) is 2. The summed E-state index contributed by atoms with van der Waals surface area (Å²) in [5, 5.41) is 5.63. The van der Waals surface area contributed by atoms with Crippen LogP contribution in [0.3, 0.4) is 0 Å². The fourth-order valence-electron chi connectivity index (χ4n) is 4.03. The maximum Gasteiger partial charge on any atom is 0.321 e. The highest BCUT2D eigenvalue weighted by Crippen LogP contribution is 2.16. The van der Waals surface area contributed by atoms with Gasteiger partial charge < -0.3 is 20.4 Å². The van der Waals surface area contributed by atoms with Crippen molar-refractivity contribution in [3.05, 3.63) is 64.7 Å². The maximum atomic E-state index is 13.3. The maximum absolute atomic E-state index is 13.3. The lowest BCUT2D eigenvalue weighted by Gasteiger charge is -2.36. The highest BCUT2D eigenvalue weighted by molar-refractivity contribution is 5.95. The standard InChI is InChI=1S/C26H32N4O4/c1-17-5-6-18(2)22(15-17)16-24(27-20(4)32)25(33)29-11-13-30(14-12-29)26(34)28-23-9-7-21(8-10-23)19(3)31/h5-10,15,24H,11-14,16H2,1-4H3,(H,27,32)(H,28,34)/t24-/m1/s1. The number of carbonyl (C=O) groups is 4. The van der Waals surface area contributed by atoms with Gasteiger partial charge in [0.05, 0.1) is 0 Å². The summed E-state index contributed by atoms with van der Waals surface area (Å²) in [6.45, 7) is 8.45. The molecule has 2 N–H and O–H groups in total. The van der Waals surface area contributed by atoms with E-state index in [1.165, 1.54) is 13.8 Å². The molecular weight excluding hydrogens is 432 g/mol. The number of urea groups is 1. The van der Waals surface area contributed by atoms with Crippen LogP contribution in [-0.4, -0.2) is 65.6 Å². The SMILES string of the molecule is CC(=O)N[C@H](Cc1cc(C)ccc1C)C(=O)N1CCN(C(=O)Nc2ccc(C(C)=O)cc2)CC1. The van der Waals surface area contributed by atoms with Gasteiger partial charge in [0.2, 0.25) is 11.8 Å². The molecule has 1 saturated heterocycles. The van der Waals surface area contributed by atoms with Crippen molar-refractivity contribution >= 4 is 29.3 Å². The van der Waals surface area contributed by atoms with Crippen molar-refractivity contribution in [1.29, 1.82) is 0 Å². The molecule has 2 aromatic rings. The van der Waals surface area contributed by atoms with Crippen LogP contribution in [0.2, 0.25) is 0 Å². The van der Waals surface area contributed by atoms with E-state index in [4.69, 9.17) is 0 Å². The average molecular weight is 465 g/mol. The highest BCUT2D eigenvalue weighted by atomic mass is 16.2. The second kappa shape index (κ2) is 11.0. The lowest BCUT2D eigenvalue weighted by atomic mass is 9.98. The van der Waals surface area contributed by atoms with Crippen molar-refractivity contribution in [1.82, 2.24) is 15.1 Å². The summed E-state index contributed by atoms with van der Waals surface area (Å²) >= 11 is 0. The van der Waals surface area contributed by atoms with Gasteiger partial charge in [-0.15, -0.1) is 0 Å². The van der Waals surface area contributed by atoms with Crippen LogP contribution in [0.5, 0.6) is 0 Å². The second-order valence-electron chi connectivity index (χ2n) is 8.76. The third-order valence-electron chi connectivity index (χ3n) is 6.03. The van der Waals surface area contributed by atoms with E-state index < -0.39 is 6.04 Å². The first-order chi connectivity index (χ1) is 16.1. The Labute approximate surface area is 200 Å². The van der Waals surface area contributed by atoms with E-state index in [-0.39, 0.29) is 23.6 Å². The van der Waals surface area contributed by atoms with E-state index in [9.17, 15) is 19.2 Å². The number of nitrogens with zero attached hydrogens (tertiary/aromatic N) is 2. The van der Waals surface area contributed by atoms with Gasteiger partial charge in [0.25, 0.3) is 0 Å². The molecule has 2 aromatic carbocycles. The minimum Gasteiger partial charge on any atom is -0.344 e. The number of Topliss-reactive ketones (excluding diaryl/α,β-unsaturated/α-hetero) is 1. The number of amides is 4. The van der Waals surface area contributed by atoms with E-state index in [1.807, 2.05) is 32.0 Å². The Morgan fingerprint density at radius 3 is 2.09 bits per heavy atom. The van der Waals surface area contributed by atoms with Crippen LogP contribution < -0.4 is 10.6 Å². The monoisotopic (exact) mass is 464 g/mol. The lowest BCUT2D eigenvalue weighted by Crippen LogP contribution is -2.56. The number of benzene rings is 2. The van der Waals surface area contributed by atoms with Gasteiger partial charge in [-0.1, -0.05) is 23.8 Å². The van der Waals surface area contributed by atoms with Crippen LogP contribution in [-0.2, 0) is 16.0 Å². The molecule has 0 saturated carbocycles. The van der Waals surface area contributed by atoms with E-state index in [0.717, 1.165) is 16.7 Å². The molecule has 180 valence electrons. The molecule has 34 heavy (non-hydrogen) atoms. The van der Waals surface area contributed by atoms with Gasteiger partial charge in [0.15, 0.2) is 5.78 Å². The zero-order valence-corrected chi connectivity index (χ0v) is 20.2. The predicted molar refractivity (Wildman–Crippen MR) is 131 cm³/mol. The Bertz CT molecular complexity index is 1070. The predicted octanol–water partition coefficient (Wildman–Crippen LogP) is 2.93. The van der Waals surface area contributed by atoms with Gasteiger partial charge in [-0.25, -0.2) is 4.79 Å². The van der Waals surface area contributed by atoms with E-state index in [2.05, 4.69) is 10.6 Å². The van der Waals surface area contributed by atoms with Crippen molar-refractivity contribution in [2.75, 3.05) is 31.5 Å². The van der Waals surface area contributed by atoms with Crippen LogP contribution in [0.15, 0.2) is 42.5 Å². The third-order valence-corrected chi connectivity index (χ3v) is 6.03.